The molecule has 7 nitrogen and oxygen atoms in total. The van der Waals surface area contributed by atoms with Crippen LogP contribution in [0.3, 0.4) is 0 Å². The fourth-order valence-electron chi connectivity index (χ4n) is 1.83. The van der Waals surface area contributed by atoms with Crippen LogP contribution < -0.4 is 15.4 Å². The summed E-state index contributed by atoms with van der Waals surface area (Å²) in [6.07, 6.45) is 0. The minimum absolute atomic E-state index is 0.262. The van der Waals surface area contributed by atoms with Crippen molar-refractivity contribution in [3.05, 3.63) is 42.1 Å². The van der Waals surface area contributed by atoms with Gasteiger partial charge in [0.1, 0.15) is 5.75 Å². The van der Waals surface area contributed by atoms with Crippen LogP contribution in [0.2, 0.25) is 0 Å². The molecule has 23 heavy (non-hydrogen) atoms. The molecular weight excluding hydrogens is 296 g/mol. The fraction of sp³-hybridized carbons (Fsp3) is 0.312. The first-order chi connectivity index (χ1) is 11.2. The molecule has 2 aromatic rings. The van der Waals surface area contributed by atoms with Crippen LogP contribution in [-0.2, 0) is 4.74 Å². The topological polar surface area (TPSA) is 85.4 Å². The largest absolute Gasteiger partial charge is 0.494 e. The lowest BCUT2D eigenvalue weighted by Gasteiger charge is -2.07. The molecule has 0 unspecified atom stereocenters. The van der Waals surface area contributed by atoms with Gasteiger partial charge in [0.15, 0.2) is 11.5 Å². The molecule has 0 aliphatic heterocycles. The van der Waals surface area contributed by atoms with Gasteiger partial charge >= 0.3 is 0 Å². The third-order valence-corrected chi connectivity index (χ3v) is 2.93. The molecule has 0 fully saturated rings. The van der Waals surface area contributed by atoms with Gasteiger partial charge in [-0.1, -0.05) is 0 Å². The van der Waals surface area contributed by atoms with Crippen LogP contribution in [0.4, 0.5) is 11.5 Å². The second-order valence-corrected chi connectivity index (χ2v) is 4.63. The monoisotopic (exact) mass is 316 g/mol. The number of carbonyl (C=O) groups is 1. The first-order valence-corrected chi connectivity index (χ1v) is 7.33. The van der Waals surface area contributed by atoms with Gasteiger partial charge in [-0.2, -0.15) is 0 Å². The summed E-state index contributed by atoms with van der Waals surface area (Å²) in [6, 6.07) is 10.8. The van der Waals surface area contributed by atoms with E-state index in [-0.39, 0.29) is 11.6 Å². The number of benzene rings is 1. The molecule has 2 N–H and O–H groups in total. The third kappa shape index (κ3) is 5.23. The summed E-state index contributed by atoms with van der Waals surface area (Å²) >= 11 is 0. The van der Waals surface area contributed by atoms with Crippen molar-refractivity contribution in [1.82, 2.24) is 15.5 Å². The SMILES string of the molecule is CCOc1ccc(Nc2ccc(C(=O)NCCOC)nn2)cc1. The van der Waals surface area contributed by atoms with Crippen LogP contribution in [0.15, 0.2) is 36.4 Å². The van der Waals surface area contributed by atoms with Crippen molar-refractivity contribution in [1.29, 1.82) is 0 Å². The van der Waals surface area contributed by atoms with Crippen LogP contribution in [0, 0.1) is 0 Å². The molecule has 7 heteroatoms. The van der Waals surface area contributed by atoms with Gasteiger partial charge in [-0.3, -0.25) is 4.79 Å². The number of carbonyl (C=O) groups excluding carboxylic acids is 1. The van der Waals surface area contributed by atoms with Gasteiger partial charge in [-0.15, -0.1) is 10.2 Å². The van der Waals surface area contributed by atoms with Crippen LogP contribution in [0.1, 0.15) is 17.4 Å². The predicted molar refractivity (Wildman–Crippen MR) is 87.1 cm³/mol. The van der Waals surface area contributed by atoms with Crippen molar-refractivity contribution in [2.45, 2.75) is 6.92 Å². The van der Waals surface area contributed by atoms with E-state index in [0.29, 0.717) is 25.6 Å². The summed E-state index contributed by atoms with van der Waals surface area (Å²) in [5, 5.41) is 13.7. The van der Waals surface area contributed by atoms with Gasteiger partial charge < -0.3 is 20.1 Å². The van der Waals surface area contributed by atoms with E-state index in [2.05, 4.69) is 20.8 Å². The highest BCUT2D eigenvalue weighted by Crippen LogP contribution is 2.18. The Morgan fingerprint density at radius 2 is 1.91 bits per heavy atom. The standard InChI is InChI=1S/C16H20N4O3/c1-3-23-13-6-4-12(5-7-13)18-15-9-8-14(19-20-15)16(21)17-10-11-22-2/h4-9H,3,10-11H2,1-2H3,(H,17,21)(H,18,20). The fourth-order valence-corrected chi connectivity index (χ4v) is 1.83. The Hall–Kier alpha value is -2.67. The van der Waals surface area contributed by atoms with E-state index >= 15 is 0 Å². The van der Waals surface area contributed by atoms with Crippen LogP contribution in [-0.4, -0.2) is 43.0 Å². The Labute approximate surface area is 135 Å². The number of methoxy groups -OCH3 is 1. The Morgan fingerprint density at radius 1 is 1.13 bits per heavy atom. The molecular formula is C16H20N4O3. The van der Waals surface area contributed by atoms with Crippen LogP contribution in [0.5, 0.6) is 5.75 Å². The number of anilines is 2. The van der Waals surface area contributed by atoms with Gasteiger partial charge in [0.05, 0.1) is 13.2 Å². The lowest BCUT2D eigenvalue weighted by Crippen LogP contribution is -2.27. The summed E-state index contributed by atoms with van der Waals surface area (Å²) in [4.78, 5) is 11.8. The number of aromatic nitrogens is 2. The van der Waals surface area contributed by atoms with Crippen molar-refractivity contribution >= 4 is 17.4 Å². The Morgan fingerprint density at radius 3 is 2.52 bits per heavy atom. The van der Waals surface area contributed by atoms with Crippen molar-refractivity contribution in [3.63, 3.8) is 0 Å². The molecule has 1 amide bonds. The van der Waals surface area contributed by atoms with Gasteiger partial charge in [0.25, 0.3) is 5.91 Å². The van der Waals surface area contributed by atoms with Crippen molar-refractivity contribution in [3.8, 4) is 5.75 Å². The number of hydrogen-bond donors (Lipinski definition) is 2. The minimum Gasteiger partial charge on any atom is -0.494 e. The average molecular weight is 316 g/mol. The molecule has 0 spiro atoms. The number of ether oxygens (including phenoxy) is 2. The second-order valence-electron chi connectivity index (χ2n) is 4.63. The third-order valence-electron chi connectivity index (χ3n) is 2.93. The first kappa shape index (κ1) is 16.7. The zero-order valence-electron chi connectivity index (χ0n) is 13.2. The number of nitrogens with zero attached hydrogens (tertiary/aromatic N) is 2. The molecule has 0 saturated heterocycles. The number of nitrogens with one attached hydrogen (secondary N) is 2. The Bertz CT molecular complexity index is 614. The van der Waals surface area contributed by atoms with E-state index in [4.69, 9.17) is 9.47 Å². The van der Waals surface area contributed by atoms with E-state index in [1.165, 1.54) is 0 Å². The summed E-state index contributed by atoms with van der Waals surface area (Å²) < 4.78 is 10.3. The molecule has 0 bridgehead atoms. The molecule has 0 atom stereocenters. The average Bonchev–Trinajstić information content (AvgIpc) is 2.58. The minimum atomic E-state index is -0.276. The predicted octanol–water partition coefficient (Wildman–Crippen LogP) is 2.00. The lowest BCUT2D eigenvalue weighted by molar-refractivity contribution is 0.0931. The highest BCUT2D eigenvalue weighted by molar-refractivity contribution is 5.92. The number of hydrogen-bond acceptors (Lipinski definition) is 6. The summed E-state index contributed by atoms with van der Waals surface area (Å²) in [6.45, 7) is 3.46. The van der Waals surface area contributed by atoms with Gasteiger partial charge in [0.2, 0.25) is 0 Å². The highest BCUT2D eigenvalue weighted by atomic mass is 16.5. The van der Waals surface area contributed by atoms with Crippen molar-refractivity contribution < 1.29 is 14.3 Å². The second kappa shape index (κ2) is 8.70. The quantitative estimate of drug-likeness (QED) is 0.725. The Kier molecular flexibility index (Phi) is 6.31. The summed E-state index contributed by atoms with van der Waals surface area (Å²) in [5.74, 6) is 1.09. The molecule has 0 radical (unpaired) electrons. The molecule has 0 saturated carbocycles. The molecule has 122 valence electrons. The normalized spacial score (nSPS) is 10.2. The van der Waals surface area contributed by atoms with E-state index in [9.17, 15) is 4.79 Å². The zero-order chi connectivity index (χ0) is 16.5. The van der Waals surface area contributed by atoms with Gasteiger partial charge in [0, 0.05) is 19.3 Å². The molecule has 1 heterocycles. The number of rotatable bonds is 8. The van der Waals surface area contributed by atoms with E-state index in [1.54, 1.807) is 19.2 Å². The maximum atomic E-state index is 11.8. The maximum Gasteiger partial charge on any atom is 0.271 e. The summed E-state index contributed by atoms with van der Waals surface area (Å²) in [5.41, 5.74) is 1.12. The molecule has 0 aliphatic carbocycles. The first-order valence-electron chi connectivity index (χ1n) is 7.33. The zero-order valence-corrected chi connectivity index (χ0v) is 13.2. The smallest absolute Gasteiger partial charge is 0.271 e. The van der Waals surface area contributed by atoms with Crippen molar-refractivity contribution in [2.75, 3.05) is 32.2 Å². The molecule has 2 rings (SSSR count). The maximum absolute atomic E-state index is 11.8. The van der Waals surface area contributed by atoms with E-state index < -0.39 is 0 Å². The van der Waals surface area contributed by atoms with Crippen molar-refractivity contribution in [2.24, 2.45) is 0 Å². The van der Waals surface area contributed by atoms with E-state index in [1.807, 2.05) is 31.2 Å². The van der Waals surface area contributed by atoms with E-state index in [0.717, 1.165) is 11.4 Å². The van der Waals surface area contributed by atoms with Gasteiger partial charge in [-0.25, -0.2) is 0 Å². The van der Waals surface area contributed by atoms with Crippen LogP contribution in [0.25, 0.3) is 0 Å². The lowest BCUT2D eigenvalue weighted by atomic mass is 10.3. The molecule has 1 aromatic carbocycles. The highest BCUT2D eigenvalue weighted by Gasteiger charge is 2.07. The van der Waals surface area contributed by atoms with Crippen LogP contribution >= 0.6 is 0 Å². The Balaban J connectivity index is 1.92. The number of amides is 1. The van der Waals surface area contributed by atoms with Gasteiger partial charge in [-0.05, 0) is 43.3 Å². The molecule has 1 aromatic heterocycles. The summed E-state index contributed by atoms with van der Waals surface area (Å²) in [7, 11) is 1.58. The molecule has 0 aliphatic rings.